The molecule has 0 bridgehead atoms. The van der Waals surface area contributed by atoms with Gasteiger partial charge in [-0.3, -0.25) is 4.98 Å². The summed E-state index contributed by atoms with van der Waals surface area (Å²) in [5.74, 6) is 0. The average molecular weight is 207 g/mol. The summed E-state index contributed by atoms with van der Waals surface area (Å²) >= 11 is 0. The number of nitrogens with two attached hydrogens (primary N) is 2. The molecular weight excluding hydrogens is 186 g/mol. The van der Waals surface area contributed by atoms with Gasteiger partial charge in [0.15, 0.2) is 0 Å². The molecule has 0 aliphatic rings. The Hall–Kier alpha value is -0.930. The van der Waals surface area contributed by atoms with Crippen LogP contribution in [0.4, 0.5) is 0 Å². The van der Waals surface area contributed by atoms with E-state index in [9.17, 15) is 0 Å². The maximum atomic E-state index is 6.00. The van der Waals surface area contributed by atoms with Gasteiger partial charge in [0.2, 0.25) is 0 Å². The van der Waals surface area contributed by atoms with Crippen LogP contribution < -0.4 is 11.5 Å². The van der Waals surface area contributed by atoms with Crippen molar-refractivity contribution in [1.82, 2.24) is 4.98 Å². The zero-order valence-electron chi connectivity index (χ0n) is 9.39. The highest BCUT2D eigenvalue weighted by molar-refractivity contribution is 5.09. The summed E-state index contributed by atoms with van der Waals surface area (Å²) in [6.45, 7) is 2.10. The van der Waals surface area contributed by atoms with E-state index in [-0.39, 0.29) is 12.1 Å². The minimum absolute atomic E-state index is 0.216. The Bertz CT molecular complexity index is 261. The van der Waals surface area contributed by atoms with Gasteiger partial charge >= 0.3 is 0 Å². The minimum Gasteiger partial charge on any atom is -0.328 e. The van der Waals surface area contributed by atoms with E-state index in [0.29, 0.717) is 0 Å². The van der Waals surface area contributed by atoms with E-state index in [1.165, 1.54) is 5.56 Å². The maximum absolute atomic E-state index is 6.00. The fraction of sp³-hybridized carbons (Fsp3) is 0.583. The molecule has 0 saturated carbocycles. The third-order valence-electron chi connectivity index (χ3n) is 2.68. The molecule has 0 amide bonds. The molecule has 2 atom stereocenters. The van der Waals surface area contributed by atoms with Crippen LogP contribution in [0.3, 0.4) is 0 Å². The SMILES string of the molecule is CCC(N)CC(N)CCc1ccncc1. The van der Waals surface area contributed by atoms with Crippen LogP contribution in [-0.4, -0.2) is 17.1 Å². The molecule has 1 heterocycles. The Morgan fingerprint density at radius 2 is 1.87 bits per heavy atom. The number of pyridine rings is 1. The van der Waals surface area contributed by atoms with Crippen LogP contribution in [0, 0.1) is 0 Å². The molecule has 3 nitrogen and oxygen atoms in total. The summed E-state index contributed by atoms with van der Waals surface area (Å²) in [7, 11) is 0. The molecular formula is C12H21N3. The van der Waals surface area contributed by atoms with Crippen molar-refractivity contribution in [1.29, 1.82) is 0 Å². The number of aromatic nitrogens is 1. The van der Waals surface area contributed by atoms with Gasteiger partial charge in [0.25, 0.3) is 0 Å². The fourth-order valence-corrected chi connectivity index (χ4v) is 1.57. The van der Waals surface area contributed by atoms with E-state index in [1.807, 2.05) is 24.5 Å². The van der Waals surface area contributed by atoms with Gasteiger partial charge < -0.3 is 11.5 Å². The molecule has 84 valence electrons. The molecule has 0 aromatic carbocycles. The van der Waals surface area contributed by atoms with Gasteiger partial charge in [-0.2, -0.15) is 0 Å². The number of hydrogen-bond donors (Lipinski definition) is 2. The van der Waals surface area contributed by atoms with Crippen LogP contribution in [0.25, 0.3) is 0 Å². The number of nitrogens with zero attached hydrogens (tertiary/aromatic N) is 1. The molecule has 4 N–H and O–H groups in total. The van der Waals surface area contributed by atoms with E-state index in [0.717, 1.165) is 25.7 Å². The van der Waals surface area contributed by atoms with Gasteiger partial charge in [-0.05, 0) is 43.4 Å². The predicted octanol–water partition coefficient (Wildman–Crippen LogP) is 1.47. The van der Waals surface area contributed by atoms with Crippen LogP contribution >= 0.6 is 0 Å². The van der Waals surface area contributed by atoms with Crippen molar-refractivity contribution in [3.8, 4) is 0 Å². The van der Waals surface area contributed by atoms with Crippen molar-refractivity contribution in [2.45, 2.75) is 44.7 Å². The lowest BCUT2D eigenvalue weighted by molar-refractivity contribution is 0.488. The first-order valence-electron chi connectivity index (χ1n) is 5.62. The summed E-state index contributed by atoms with van der Waals surface area (Å²) in [6, 6.07) is 4.53. The second kappa shape index (κ2) is 6.53. The highest BCUT2D eigenvalue weighted by Crippen LogP contribution is 2.07. The van der Waals surface area contributed by atoms with Gasteiger partial charge in [0.1, 0.15) is 0 Å². The summed E-state index contributed by atoms with van der Waals surface area (Å²) in [4.78, 5) is 3.98. The summed E-state index contributed by atoms with van der Waals surface area (Å²) in [5.41, 5.74) is 13.2. The van der Waals surface area contributed by atoms with E-state index in [4.69, 9.17) is 11.5 Å². The largest absolute Gasteiger partial charge is 0.328 e. The lowest BCUT2D eigenvalue weighted by Gasteiger charge is -2.15. The maximum Gasteiger partial charge on any atom is 0.0270 e. The predicted molar refractivity (Wildman–Crippen MR) is 63.4 cm³/mol. The second-order valence-electron chi connectivity index (χ2n) is 4.06. The zero-order valence-corrected chi connectivity index (χ0v) is 9.39. The van der Waals surface area contributed by atoms with Gasteiger partial charge in [-0.15, -0.1) is 0 Å². The van der Waals surface area contributed by atoms with Crippen LogP contribution in [0.15, 0.2) is 24.5 Å². The lowest BCUT2D eigenvalue weighted by atomic mass is 10.00. The summed E-state index contributed by atoms with van der Waals surface area (Å²) < 4.78 is 0. The first-order valence-corrected chi connectivity index (χ1v) is 5.62. The number of aryl methyl sites for hydroxylation is 1. The standard InChI is InChI=1S/C12H21N3/c1-2-11(13)9-12(14)4-3-10-5-7-15-8-6-10/h5-8,11-12H,2-4,9,13-14H2,1H3. The number of rotatable bonds is 6. The first kappa shape index (κ1) is 12.1. The second-order valence-corrected chi connectivity index (χ2v) is 4.06. The molecule has 2 unspecified atom stereocenters. The first-order chi connectivity index (χ1) is 7.22. The van der Waals surface area contributed by atoms with Gasteiger partial charge in [0, 0.05) is 24.5 Å². The molecule has 3 heteroatoms. The van der Waals surface area contributed by atoms with E-state index >= 15 is 0 Å². The number of hydrogen-bond acceptors (Lipinski definition) is 3. The average Bonchev–Trinajstić information content (AvgIpc) is 2.27. The normalized spacial score (nSPS) is 14.9. The van der Waals surface area contributed by atoms with Crippen molar-refractivity contribution < 1.29 is 0 Å². The van der Waals surface area contributed by atoms with E-state index in [2.05, 4.69) is 11.9 Å². The van der Waals surface area contributed by atoms with Crippen molar-refractivity contribution in [3.05, 3.63) is 30.1 Å². The Morgan fingerprint density at radius 1 is 1.20 bits per heavy atom. The van der Waals surface area contributed by atoms with Crippen molar-refractivity contribution >= 4 is 0 Å². The van der Waals surface area contributed by atoms with Gasteiger partial charge in [0.05, 0.1) is 0 Å². The quantitative estimate of drug-likeness (QED) is 0.742. The van der Waals surface area contributed by atoms with Crippen molar-refractivity contribution in [2.75, 3.05) is 0 Å². The summed E-state index contributed by atoms with van der Waals surface area (Å²) in [6.07, 6.45) is 7.57. The van der Waals surface area contributed by atoms with Crippen LogP contribution in [-0.2, 0) is 6.42 Å². The van der Waals surface area contributed by atoms with Gasteiger partial charge in [-0.1, -0.05) is 6.92 Å². The Kier molecular flexibility index (Phi) is 5.29. The van der Waals surface area contributed by atoms with Crippen molar-refractivity contribution in [3.63, 3.8) is 0 Å². The molecule has 15 heavy (non-hydrogen) atoms. The molecule has 0 aliphatic heterocycles. The molecule has 1 aromatic heterocycles. The molecule has 1 rings (SSSR count). The van der Waals surface area contributed by atoms with E-state index in [1.54, 1.807) is 0 Å². The molecule has 0 radical (unpaired) electrons. The zero-order chi connectivity index (χ0) is 11.1. The highest BCUT2D eigenvalue weighted by Gasteiger charge is 2.07. The molecule has 0 fully saturated rings. The van der Waals surface area contributed by atoms with Gasteiger partial charge in [-0.25, -0.2) is 0 Å². The Balaban J connectivity index is 2.25. The third kappa shape index (κ3) is 4.91. The topological polar surface area (TPSA) is 64.9 Å². The molecule has 0 saturated heterocycles. The summed E-state index contributed by atoms with van der Waals surface area (Å²) in [5, 5.41) is 0. The molecule has 0 spiro atoms. The minimum atomic E-state index is 0.216. The smallest absolute Gasteiger partial charge is 0.0270 e. The molecule has 1 aromatic rings. The fourth-order valence-electron chi connectivity index (χ4n) is 1.57. The third-order valence-corrected chi connectivity index (χ3v) is 2.68. The highest BCUT2D eigenvalue weighted by atomic mass is 14.7. The lowest BCUT2D eigenvalue weighted by Crippen LogP contribution is -2.31. The Labute approximate surface area is 91.9 Å². The monoisotopic (exact) mass is 207 g/mol. The van der Waals surface area contributed by atoms with Crippen LogP contribution in [0.2, 0.25) is 0 Å². The van der Waals surface area contributed by atoms with Crippen molar-refractivity contribution in [2.24, 2.45) is 11.5 Å². The van der Waals surface area contributed by atoms with Crippen LogP contribution in [0.5, 0.6) is 0 Å². The van der Waals surface area contributed by atoms with Crippen LogP contribution in [0.1, 0.15) is 31.7 Å². The van der Waals surface area contributed by atoms with E-state index < -0.39 is 0 Å². The molecule has 0 aliphatic carbocycles. The Morgan fingerprint density at radius 3 is 2.47 bits per heavy atom.